The lowest BCUT2D eigenvalue weighted by atomic mass is 9.95. The number of benzene rings is 2. The molecule has 28 heavy (non-hydrogen) atoms. The molecular weight excluding hydrogens is 372 g/mol. The van der Waals surface area contributed by atoms with Crippen LogP contribution in [0, 0.1) is 5.41 Å². The maximum Gasteiger partial charge on any atom is 0.238 e. The van der Waals surface area contributed by atoms with Crippen LogP contribution < -0.4 is 15.0 Å². The zero-order valence-electron chi connectivity index (χ0n) is 16.7. The molecule has 0 bridgehead atoms. The summed E-state index contributed by atoms with van der Waals surface area (Å²) >= 11 is 1.57. The zero-order chi connectivity index (χ0) is 20.3. The molecule has 1 aliphatic heterocycles. The number of rotatable bonds is 5. The van der Waals surface area contributed by atoms with Crippen LogP contribution in [-0.2, 0) is 9.59 Å². The molecular formula is C22H26N2O3S. The third-order valence-corrected chi connectivity index (χ3v) is 5.62. The second kappa shape index (κ2) is 8.27. The van der Waals surface area contributed by atoms with Crippen molar-refractivity contribution >= 4 is 35.0 Å². The maximum atomic E-state index is 12.7. The Kier molecular flexibility index (Phi) is 5.98. The number of hydrogen-bond acceptors (Lipinski definition) is 4. The molecule has 0 unspecified atom stereocenters. The Morgan fingerprint density at radius 2 is 1.96 bits per heavy atom. The van der Waals surface area contributed by atoms with E-state index >= 15 is 0 Å². The van der Waals surface area contributed by atoms with Crippen LogP contribution in [0.5, 0.6) is 5.75 Å². The van der Waals surface area contributed by atoms with Gasteiger partial charge in [-0.1, -0.05) is 45.0 Å². The summed E-state index contributed by atoms with van der Waals surface area (Å²) in [6.45, 7) is 8.10. The van der Waals surface area contributed by atoms with Gasteiger partial charge in [-0.25, -0.2) is 0 Å². The lowest BCUT2D eigenvalue weighted by molar-refractivity contribution is -0.123. The molecule has 1 saturated heterocycles. The number of carbonyl (C=O) groups excluding carboxylic acids is 2. The molecule has 1 N–H and O–H groups in total. The highest BCUT2D eigenvalue weighted by Crippen LogP contribution is 2.45. The largest absolute Gasteiger partial charge is 0.492 e. The van der Waals surface area contributed by atoms with Gasteiger partial charge in [0, 0.05) is 11.1 Å². The third kappa shape index (κ3) is 4.33. The van der Waals surface area contributed by atoms with E-state index in [0.717, 1.165) is 16.9 Å². The first-order valence-electron chi connectivity index (χ1n) is 9.38. The van der Waals surface area contributed by atoms with Crippen molar-refractivity contribution in [2.75, 3.05) is 22.6 Å². The Bertz CT molecular complexity index is 876. The summed E-state index contributed by atoms with van der Waals surface area (Å²) in [5, 5.41) is 2.80. The van der Waals surface area contributed by atoms with Gasteiger partial charge in [0.05, 0.1) is 18.0 Å². The Morgan fingerprint density at radius 3 is 2.68 bits per heavy atom. The van der Waals surface area contributed by atoms with Crippen molar-refractivity contribution in [1.82, 2.24) is 0 Å². The molecule has 2 aromatic rings. The number of thioether (sulfide) groups is 1. The number of carbonyl (C=O) groups is 2. The first-order valence-corrected chi connectivity index (χ1v) is 10.4. The molecule has 0 spiro atoms. The predicted octanol–water partition coefficient (Wildman–Crippen LogP) is 4.85. The minimum Gasteiger partial charge on any atom is -0.492 e. The lowest BCUT2D eigenvalue weighted by Gasteiger charge is -2.26. The summed E-state index contributed by atoms with van der Waals surface area (Å²) in [7, 11) is 0. The summed E-state index contributed by atoms with van der Waals surface area (Å²) in [6, 6.07) is 15.3. The average molecular weight is 399 g/mol. The van der Waals surface area contributed by atoms with E-state index in [1.54, 1.807) is 16.7 Å². The van der Waals surface area contributed by atoms with E-state index in [9.17, 15) is 9.59 Å². The number of amides is 2. The van der Waals surface area contributed by atoms with Gasteiger partial charge in [-0.15, -0.1) is 11.8 Å². The van der Waals surface area contributed by atoms with Crippen molar-refractivity contribution in [3.63, 3.8) is 0 Å². The highest BCUT2D eigenvalue weighted by Gasteiger charge is 2.35. The average Bonchev–Trinajstić information content (AvgIpc) is 3.03. The van der Waals surface area contributed by atoms with Gasteiger partial charge < -0.3 is 10.1 Å². The van der Waals surface area contributed by atoms with E-state index in [-0.39, 0.29) is 17.2 Å². The Labute approximate surface area is 170 Å². The molecule has 0 radical (unpaired) electrons. The van der Waals surface area contributed by atoms with Crippen molar-refractivity contribution in [3.05, 3.63) is 54.1 Å². The minimum atomic E-state index is -0.476. The molecule has 6 heteroatoms. The Balaban J connectivity index is 1.92. The van der Waals surface area contributed by atoms with E-state index in [2.05, 4.69) is 5.32 Å². The van der Waals surface area contributed by atoms with Crippen LogP contribution in [0.2, 0.25) is 0 Å². The third-order valence-electron chi connectivity index (χ3n) is 4.40. The van der Waals surface area contributed by atoms with Crippen LogP contribution in [0.15, 0.2) is 48.5 Å². The molecule has 2 aromatic carbocycles. The summed E-state index contributed by atoms with van der Waals surface area (Å²) in [4.78, 5) is 26.8. The van der Waals surface area contributed by atoms with Crippen LogP contribution in [0.1, 0.15) is 38.6 Å². The van der Waals surface area contributed by atoms with E-state index in [1.807, 2.05) is 76.2 Å². The summed E-state index contributed by atoms with van der Waals surface area (Å²) in [5.41, 5.74) is 1.99. The number of anilines is 2. The molecule has 0 aromatic heterocycles. The fourth-order valence-corrected chi connectivity index (χ4v) is 4.11. The van der Waals surface area contributed by atoms with E-state index in [0.29, 0.717) is 18.1 Å². The molecule has 1 heterocycles. The summed E-state index contributed by atoms with van der Waals surface area (Å²) < 4.78 is 5.74. The highest BCUT2D eigenvalue weighted by atomic mass is 32.2. The number of nitrogens with zero attached hydrogens (tertiary/aromatic N) is 1. The van der Waals surface area contributed by atoms with Crippen LogP contribution in [-0.4, -0.2) is 24.2 Å². The number of hydrogen-bond donors (Lipinski definition) is 1. The van der Waals surface area contributed by atoms with Crippen molar-refractivity contribution in [2.45, 2.75) is 33.1 Å². The SMILES string of the molecule is CCOc1ccccc1N1C(=O)CS[C@@H]1c1cccc(NC(=O)C(C)(C)C)c1. The van der Waals surface area contributed by atoms with Crippen molar-refractivity contribution < 1.29 is 14.3 Å². The highest BCUT2D eigenvalue weighted by molar-refractivity contribution is 8.00. The molecule has 2 amide bonds. The van der Waals surface area contributed by atoms with Gasteiger partial charge in [0.1, 0.15) is 11.1 Å². The van der Waals surface area contributed by atoms with Gasteiger partial charge in [-0.3, -0.25) is 14.5 Å². The first-order chi connectivity index (χ1) is 13.3. The first kappa shape index (κ1) is 20.3. The van der Waals surface area contributed by atoms with Crippen LogP contribution >= 0.6 is 11.8 Å². The molecule has 148 valence electrons. The molecule has 0 aliphatic carbocycles. The van der Waals surface area contributed by atoms with Crippen LogP contribution in [0.4, 0.5) is 11.4 Å². The molecule has 1 aliphatic rings. The van der Waals surface area contributed by atoms with Gasteiger partial charge in [-0.05, 0) is 36.8 Å². The number of para-hydroxylation sites is 2. The van der Waals surface area contributed by atoms with Crippen LogP contribution in [0.25, 0.3) is 0 Å². The Hall–Kier alpha value is -2.47. The van der Waals surface area contributed by atoms with Crippen molar-refractivity contribution in [3.8, 4) is 5.75 Å². The van der Waals surface area contributed by atoms with Gasteiger partial charge in [0.25, 0.3) is 0 Å². The van der Waals surface area contributed by atoms with E-state index in [1.165, 1.54) is 0 Å². The van der Waals surface area contributed by atoms with Gasteiger partial charge >= 0.3 is 0 Å². The number of ether oxygens (including phenoxy) is 1. The normalized spacial score (nSPS) is 16.9. The smallest absolute Gasteiger partial charge is 0.238 e. The van der Waals surface area contributed by atoms with E-state index < -0.39 is 5.41 Å². The predicted molar refractivity (Wildman–Crippen MR) is 115 cm³/mol. The van der Waals surface area contributed by atoms with Gasteiger partial charge in [0.2, 0.25) is 11.8 Å². The van der Waals surface area contributed by atoms with Gasteiger partial charge in [-0.2, -0.15) is 0 Å². The summed E-state index contributed by atoms with van der Waals surface area (Å²) in [5.74, 6) is 1.11. The van der Waals surface area contributed by atoms with Crippen molar-refractivity contribution in [1.29, 1.82) is 0 Å². The topological polar surface area (TPSA) is 58.6 Å². The van der Waals surface area contributed by atoms with Crippen molar-refractivity contribution in [2.24, 2.45) is 5.41 Å². The minimum absolute atomic E-state index is 0.0432. The molecule has 1 fully saturated rings. The second-order valence-electron chi connectivity index (χ2n) is 7.66. The fraction of sp³-hybridized carbons (Fsp3) is 0.364. The molecule has 0 saturated carbocycles. The number of nitrogens with one attached hydrogen (secondary N) is 1. The molecule has 5 nitrogen and oxygen atoms in total. The quantitative estimate of drug-likeness (QED) is 0.782. The molecule has 1 atom stereocenters. The Morgan fingerprint density at radius 1 is 1.21 bits per heavy atom. The monoisotopic (exact) mass is 398 g/mol. The molecule has 3 rings (SSSR count). The maximum absolute atomic E-state index is 12.7. The van der Waals surface area contributed by atoms with Crippen LogP contribution in [0.3, 0.4) is 0 Å². The standard InChI is InChI=1S/C22H26N2O3S/c1-5-27-18-12-7-6-11-17(18)24-19(25)14-28-20(24)15-9-8-10-16(13-15)23-21(26)22(2,3)4/h6-13,20H,5,14H2,1-4H3,(H,23,26)/t20-/m1/s1. The lowest BCUT2D eigenvalue weighted by Crippen LogP contribution is -2.29. The summed E-state index contributed by atoms with van der Waals surface area (Å²) in [6.07, 6.45) is 0. The van der Waals surface area contributed by atoms with E-state index in [4.69, 9.17) is 4.74 Å². The van der Waals surface area contributed by atoms with Gasteiger partial charge in [0.15, 0.2) is 0 Å². The fourth-order valence-electron chi connectivity index (χ4n) is 2.95. The second-order valence-corrected chi connectivity index (χ2v) is 8.73. The zero-order valence-corrected chi connectivity index (χ0v) is 17.5.